The predicted molar refractivity (Wildman–Crippen MR) is 106 cm³/mol. The number of piperidine rings is 1. The van der Waals surface area contributed by atoms with Crippen molar-refractivity contribution >= 4 is 17.2 Å². The number of nitrogens with zero attached hydrogens (tertiary/aromatic N) is 4. The number of hydrogen-bond donors (Lipinski definition) is 0. The van der Waals surface area contributed by atoms with Gasteiger partial charge in [-0.05, 0) is 26.2 Å². The summed E-state index contributed by atoms with van der Waals surface area (Å²) in [6, 6.07) is 0. The van der Waals surface area contributed by atoms with Crippen LogP contribution < -0.4 is 0 Å². The molecular formula is C20H30N4OS. The number of aryl methyl sites for hydroxylation is 2. The molecule has 1 aliphatic heterocycles. The summed E-state index contributed by atoms with van der Waals surface area (Å²) in [4.78, 5) is 24.9. The standard InChI is InChI=1S/C20H30N4OS/c1-5-6-10-23-13-9-21-18(23)16-7-11-24(12-8-16)20(25)17-15(4)22-19(26-17)14(2)3/h9,13-14,16H,5-8,10-12H2,1-4H3. The molecule has 142 valence electrons. The van der Waals surface area contributed by atoms with Crippen LogP contribution in [0.3, 0.4) is 0 Å². The van der Waals surface area contributed by atoms with E-state index in [9.17, 15) is 4.79 Å². The van der Waals surface area contributed by atoms with Crippen molar-refractivity contribution in [3.8, 4) is 0 Å². The van der Waals surface area contributed by atoms with Crippen LogP contribution in [0, 0.1) is 6.92 Å². The second kappa shape index (κ2) is 8.33. The van der Waals surface area contributed by atoms with E-state index in [1.807, 2.05) is 18.0 Å². The highest BCUT2D eigenvalue weighted by Crippen LogP contribution is 2.30. The Morgan fingerprint density at radius 2 is 2.08 bits per heavy atom. The molecular weight excluding hydrogens is 344 g/mol. The number of amides is 1. The molecule has 0 radical (unpaired) electrons. The fraction of sp³-hybridized carbons (Fsp3) is 0.650. The van der Waals surface area contributed by atoms with Crippen molar-refractivity contribution in [3.63, 3.8) is 0 Å². The molecule has 2 aromatic rings. The van der Waals surface area contributed by atoms with Gasteiger partial charge in [-0.15, -0.1) is 11.3 Å². The Balaban J connectivity index is 1.63. The number of thiazole rings is 1. The molecule has 26 heavy (non-hydrogen) atoms. The van der Waals surface area contributed by atoms with Crippen molar-refractivity contribution in [1.29, 1.82) is 0 Å². The molecule has 1 aliphatic rings. The number of rotatable bonds is 6. The first-order chi connectivity index (χ1) is 12.5. The summed E-state index contributed by atoms with van der Waals surface area (Å²) < 4.78 is 2.30. The van der Waals surface area contributed by atoms with E-state index >= 15 is 0 Å². The normalized spacial score (nSPS) is 15.8. The number of carbonyl (C=O) groups is 1. The lowest BCUT2D eigenvalue weighted by Gasteiger charge is -2.31. The van der Waals surface area contributed by atoms with Gasteiger partial charge in [-0.25, -0.2) is 9.97 Å². The minimum Gasteiger partial charge on any atom is -0.338 e. The van der Waals surface area contributed by atoms with Crippen molar-refractivity contribution in [1.82, 2.24) is 19.4 Å². The van der Waals surface area contributed by atoms with Crippen molar-refractivity contribution in [2.75, 3.05) is 13.1 Å². The van der Waals surface area contributed by atoms with E-state index in [1.165, 1.54) is 18.7 Å². The van der Waals surface area contributed by atoms with Crippen LogP contribution in [0.2, 0.25) is 0 Å². The number of aromatic nitrogens is 3. The van der Waals surface area contributed by atoms with Gasteiger partial charge in [0.25, 0.3) is 5.91 Å². The van der Waals surface area contributed by atoms with Gasteiger partial charge in [0.1, 0.15) is 10.7 Å². The molecule has 1 fully saturated rings. The fourth-order valence-corrected chi connectivity index (χ4v) is 4.58. The molecule has 1 saturated heterocycles. The molecule has 0 aliphatic carbocycles. The summed E-state index contributed by atoms with van der Waals surface area (Å²) in [5.41, 5.74) is 0.876. The van der Waals surface area contributed by atoms with Crippen LogP contribution in [0.15, 0.2) is 12.4 Å². The molecule has 6 heteroatoms. The molecule has 5 nitrogen and oxygen atoms in total. The zero-order valence-corrected chi connectivity index (χ0v) is 17.2. The Morgan fingerprint density at radius 3 is 2.69 bits per heavy atom. The summed E-state index contributed by atoms with van der Waals surface area (Å²) in [5, 5.41) is 1.05. The Bertz CT molecular complexity index is 741. The van der Waals surface area contributed by atoms with Crippen LogP contribution in [0.5, 0.6) is 0 Å². The molecule has 0 bridgehead atoms. The van der Waals surface area contributed by atoms with Gasteiger partial charge >= 0.3 is 0 Å². The largest absolute Gasteiger partial charge is 0.338 e. The van der Waals surface area contributed by atoms with E-state index in [2.05, 4.69) is 41.5 Å². The third-order valence-corrected chi connectivity index (χ3v) is 6.59. The van der Waals surface area contributed by atoms with Gasteiger partial charge in [-0.1, -0.05) is 27.2 Å². The summed E-state index contributed by atoms with van der Waals surface area (Å²) in [6.45, 7) is 11.1. The van der Waals surface area contributed by atoms with Gasteiger partial charge in [0.05, 0.1) is 10.7 Å². The van der Waals surface area contributed by atoms with Gasteiger partial charge in [-0.3, -0.25) is 4.79 Å². The average molecular weight is 375 g/mol. The maximum absolute atomic E-state index is 12.9. The molecule has 0 saturated carbocycles. The van der Waals surface area contributed by atoms with Crippen LogP contribution in [0.25, 0.3) is 0 Å². The summed E-state index contributed by atoms with van der Waals surface area (Å²) >= 11 is 1.56. The average Bonchev–Trinajstić information content (AvgIpc) is 3.26. The quantitative estimate of drug-likeness (QED) is 0.743. The van der Waals surface area contributed by atoms with E-state index in [4.69, 9.17) is 0 Å². The lowest BCUT2D eigenvalue weighted by Crippen LogP contribution is -2.38. The van der Waals surface area contributed by atoms with Gasteiger partial charge in [0.2, 0.25) is 0 Å². The van der Waals surface area contributed by atoms with E-state index in [-0.39, 0.29) is 5.91 Å². The maximum atomic E-state index is 12.9. The number of carbonyl (C=O) groups excluding carboxylic acids is 1. The highest BCUT2D eigenvalue weighted by Gasteiger charge is 2.29. The van der Waals surface area contributed by atoms with Crippen molar-refractivity contribution in [2.45, 2.75) is 71.8 Å². The van der Waals surface area contributed by atoms with Crippen molar-refractivity contribution in [3.05, 3.63) is 33.8 Å². The van der Waals surface area contributed by atoms with E-state index in [1.54, 1.807) is 11.3 Å². The van der Waals surface area contributed by atoms with Crippen LogP contribution in [0.1, 0.15) is 84.5 Å². The Morgan fingerprint density at radius 1 is 1.35 bits per heavy atom. The van der Waals surface area contributed by atoms with Crippen molar-refractivity contribution < 1.29 is 4.79 Å². The second-order valence-corrected chi connectivity index (χ2v) is 8.55. The number of likely N-dealkylation sites (tertiary alicyclic amines) is 1. The molecule has 0 spiro atoms. The van der Waals surface area contributed by atoms with Gasteiger partial charge in [0, 0.05) is 43.9 Å². The molecule has 0 aromatic carbocycles. The minimum atomic E-state index is 0.152. The van der Waals surface area contributed by atoms with E-state index in [0.29, 0.717) is 11.8 Å². The number of imidazole rings is 1. The first kappa shape index (κ1) is 19.1. The molecule has 3 heterocycles. The molecule has 2 aromatic heterocycles. The second-order valence-electron chi connectivity index (χ2n) is 7.52. The van der Waals surface area contributed by atoms with Crippen LogP contribution in [-0.4, -0.2) is 38.4 Å². The molecule has 0 atom stereocenters. The molecule has 0 unspecified atom stereocenters. The highest BCUT2D eigenvalue weighted by atomic mass is 32.1. The highest BCUT2D eigenvalue weighted by molar-refractivity contribution is 7.13. The third-order valence-electron chi connectivity index (χ3n) is 5.15. The van der Waals surface area contributed by atoms with Crippen LogP contribution >= 0.6 is 11.3 Å². The minimum absolute atomic E-state index is 0.152. The Labute approximate surface area is 160 Å². The number of unbranched alkanes of at least 4 members (excludes halogenated alkanes) is 1. The lowest BCUT2D eigenvalue weighted by atomic mass is 9.95. The molecule has 0 N–H and O–H groups in total. The number of hydrogen-bond acceptors (Lipinski definition) is 4. The monoisotopic (exact) mass is 374 g/mol. The maximum Gasteiger partial charge on any atom is 0.265 e. The zero-order valence-electron chi connectivity index (χ0n) is 16.4. The van der Waals surface area contributed by atoms with Gasteiger partial charge < -0.3 is 9.47 Å². The SMILES string of the molecule is CCCCn1ccnc1C1CCN(C(=O)c2sc(C(C)C)nc2C)CC1. The molecule has 3 rings (SSSR count). The van der Waals surface area contributed by atoms with Gasteiger partial charge in [-0.2, -0.15) is 0 Å². The van der Waals surface area contributed by atoms with E-state index < -0.39 is 0 Å². The zero-order chi connectivity index (χ0) is 18.7. The fourth-order valence-electron chi connectivity index (χ4n) is 3.55. The summed E-state index contributed by atoms with van der Waals surface area (Å²) in [6.07, 6.45) is 8.36. The van der Waals surface area contributed by atoms with E-state index in [0.717, 1.165) is 48.1 Å². The molecule has 1 amide bonds. The first-order valence-corrected chi connectivity index (χ1v) is 10.6. The third kappa shape index (κ3) is 4.00. The Kier molecular flexibility index (Phi) is 6.12. The summed E-state index contributed by atoms with van der Waals surface area (Å²) in [7, 11) is 0. The predicted octanol–water partition coefficient (Wildman–Crippen LogP) is 4.59. The van der Waals surface area contributed by atoms with Crippen LogP contribution in [0.4, 0.5) is 0 Å². The van der Waals surface area contributed by atoms with Crippen molar-refractivity contribution in [2.24, 2.45) is 0 Å². The summed E-state index contributed by atoms with van der Waals surface area (Å²) in [5.74, 6) is 2.17. The first-order valence-electron chi connectivity index (χ1n) is 9.78. The van der Waals surface area contributed by atoms with Crippen LogP contribution in [-0.2, 0) is 6.54 Å². The van der Waals surface area contributed by atoms with Gasteiger partial charge in [0.15, 0.2) is 0 Å². The Hall–Kier alpha value is -1.69. The smallest absolute Gasteiger partial charge is 0.265 e. The lowest BCUT2D eigenvalue weighted by molar-refractivity contribution is 0.0714. The topological polar surface area (TPSA) is 51.0 Å².